The van der Waals surface area contributed by atoms with E-state index < -0.39 is 6.04 Å². The van der Waals surface area contributed by atoms with Gasteiger partial charge in [0.15, 0.2) is 0 Å². The van der Waals surface area contributed by atoms with Gasteiger partial charge in [-0.25, -0.2) is 0 Å². The third-order valence-corrected chi connectivity index (χ3v) is 3.21. The summed E-state index contributed by atoms with van der Waals surface area (Å²) in [5.74, 6) is 0.448. The first-order valence-corrected chi connectivity index (χ1v) is 6.60. The molecule has 1 N–H and O–H groups in total. The van der Waals surface area contributed by atoms with Gasteiger partial charge in [-0.1, -0.05) is 33.8 Å². The normalized spacial score (nSPS) is 24.7. The lowest BCUT2D eigenvalue weighted by Crippen LogP contribution is -2.64. The molecule has 4 heteroatoms. The minimum Gasteiger partial charge on any atom is -0.342 e. The summed E-state index contributed by atoms with van der Waals surface area (Å²) in [4.78, 5) is 26.2. The van der Waals surface area contributed by atoms with Crippen LogP contribution in [0.25, 0.3) is 0 Å². The molecule has 18 heavy (non-hydrogen) atoms. The molecule has 2 unspecified atom stereocenters. The van der Waals surface area contributed by atoms with Crippen molar-refractivity contribution >= 4 is 11.8 Å². The molecule has 0 saturated carbocycles. The van der Waals surface area contributed by atoms with E-state index in [2.05, 4.69) is 25.7 Å². The van der Waals surface area contributed by atoms with Gasteiger partial charge in [0.25, 0.3) is 0 Å². The van der Waals surface area contributed by atoms with Crippen molar-refractivity contribution < 1.29 is 9.59 Å². The molecule has 4 nitrogen and oxygen atoms in total. The van der Waals surface area contributed by atoms with E-state index in [0.29, 0.717) is 18.9 Å². The van der Waals surface area contributed by atoms with Gasteiger partial charge >= 0.3 is 0 Å². The van der Waals surface area contributed by atoms with Crippen LogP contribution in [0.3, 0.4) is 0 Å². The largest absolute Gasteiger partial charge is 0.342 e. The Morgan fingerprint density at radius 3 is 2.39 bits per heavy atom. The van der Waals surface area contributed by atoms with Crippen LogP contribution < -0.4 is 5.32 Å². The summed E-state index contributed by atoms with van der Waals surface area (Å²) < 4.78 is 0. The SMILES string of the molecule is C=CCN1C(=O)C(C(C)C)NC(=O)C1CC(C)C. The van der Waals surface area contributed by atoms with Crippen LogP contribution in [0.2, 0.25) is 0 Å². The van der Waals surface area contributed by atoms with E-state index in [1.54, 1.807) is 11.0 Å². The van der Waals surface area contributed by atoms with E-state index in [1.165, 1.54) is 0 Å². The van der Waals surface area contributed by atoms with Crippen LogP contribution in [0.4, 0.5) is 0 Å². The Morgan fingerprint density at radius 2 is 1.94 bits per heavy atom. The summed E-state index contributed by atoms with van der Waals surface area (Å²) in [5, 5.41) is 2.84. The van der Waals surface area contributed by atoms with Gasteiger partial charge in [-0.05, 0) is 18.3 Å². The van der Waals surface area contributed by atoms with Gasteiger partial charge in [0.05, 0.1) is 0 Å². The quantitative estimate of drug-likeness (QED) is 0.755. The van der Waals surface area contributed by atoms with Crippen LogP contribution in [0.1, 0.15) is 34.1 Å². The second-order valence-corrected chi connectivity index (χ2v) is 5.65. The number of carbonyl (C=O) groups is 2. The average molecular weight is 252 g/mol. The zero-order valence-corrected chi connectivity index (χ0v) is 11.8. The van der Waals surface area contributed by atoms with Gasteiger partial charge < -0.3 is 10.2 Å². The maximum atomic E-state index is 12.4. The van der Waals surface area contributed by atoms with Crippen LogP contribution >= 0.6 is 0 Å². The Hall–Kier alpha value is -1.32. The molecule has 0 bridgehead atoms. The molecule has 0 spiro atoms. The number of piperazine rings is 1. The first-order valence-electron chi connectivity index (χ1n) is 6.60. The molecular formula is C14H24N2O2. The maximum absolute atomic E-state index is 12.4. The molecule has 0 radical (unpaired) electrons. The minimum atomic E-state index is -0.402. The third-order valence-electron chi connectivity index (χ3n) is 3.21. The van der Waals surface area contributed by atoms with Crippen LogP contribution in [0.5, 0.6) is 0 Å². The highest BCUT2D eigenvalue weighted by Crippen LogP contribution is 2.20. The lowest BCUT2D eigenvalue weighted by atomic mass is 9.94. The van der Waals surface area contributed by atoms with E-state index >= 15 is 0 Å². The number of nitrogens with one attached hydrogen (secondary N) is 1. The second-order valence-electron chi connectivity index (χ2n) is 5.65. The monoisotopic (exact) mass is 252 g/mol. The van der Waals surface area contributed by atoms with Crippen LogP contribution in [0, 0.1) is 11.8 Å². The fourth-order valence-corrected chi connectivity index (χ4v) is 2.27. The van der Waals surface area contributed by atoms with E-state index in [9.17, 15) is 9.59 Å². The predicted octanol–water partition coefficient (Wildman–Crippen LogP) is 1.57. The Balaban J connectivity index is 2.94. The van der Waals surface area contributed by atoms with Crippen molar-refractivity contribution in [2.45, 2.75) is 46.2 Å². The van der Waals surface area contributed by atoms with Gasteiger partial charge in [0.1, 0.15) is 12.1 Å². The highest BCUT2D eigenvalue weighted by molar-refractivity contribution is 5.97. The third kappa shape index (κ3) is 3.12. The molecule has 0 aromatic carbocycles. The Bertz CT molecular complexity index is 337. The van der Waals surface area contributed by atoms with Crippen molar-refractivity contribution in [1.82, 2.24) is 10.2 Å². The molecule has 2 amide bonds. The smallest absolute Gasteiger partial charge is 0.246 e. The number of hydrogen-bond donors (Lipinski definition) is 1. The van der Waals surface area contributed by atoms with Gasteiger partial charge in [0, 0.05) is 6.54 Å². The predicted molar refractivity (Wildman–Crippen MR) is 71.9 cm³/mol. The van der Waals surface area contributed by atoms with Crippen molar-refractivity contribution in [3.8, 4) is 0 Å². The number of carbonyl (C=O) groups excluding carboxylic acids is 2. The summed E-state index contributed by atoms with van der Waals surface area (Å²) in [6.45, 7) is 12.1. The first-order chi connectivity index (χ1) is 8.38. The zero-order chi connectivity index (χ0) is 13.9. The Labute approximate surface area is 109 Å². The van der Waals surface area contributed by atoms with Crippen LogP contribution in [-0.4, -0.2) is 35.3 Å². The molecule has 2 atom stereocenters. The summed E-state index contributed by atoms with van der Waals surface area (Å²) >= 11 is 0. The highest BCUT2D eigenvalue weighted by atomic mass is 16.2. The van der Waals surface area contributed by atoms with E-state index in [0.717, 1.165) is 0 Å². The van der Waals surface area contributed by atoms with Crippen molar-refractivity contribution in [2.75, 3.05) is 6.54 Å². The van der Waals surface area contributed by atoms with E-state index in [-0.39, 0.29) is 23.8 Å². The Kier molecular flexibility index (Phi) is 4.93. The first kappa shape index (κ1) is 14.7. The Morgan fingerprint density at radius 1 is 1.33 bits per heavy atom. The summed E-state index contributed by atoms with van der Waals surface area (Å²) in [6.07, 6.45) is 2.37. The molecule has 1 fully saturated rings. The molecule has 1 rings (SSSR count). The summed E-state index contributed by atoms with van der Waals surface area (Å²) in [7, 11) is 0. The molecule has 0 aliphatic carbocycles. The van der Waals surface area contributed by atoms with Gasteiger partial charge in [-0.15, -0.1) is 6.58 Å². The van der Waals surface area contributed by atoms with E-state index in [1.807, 2.05) is 13.8 Å². The van der Waals surface area contributed by atoms with Gasteiger partial charge in [-0.2, -0.15) is 0 Å². The number of hydrogen-bond acceptors (Lipinski definition) is 2. The second kappa shape index (κ2) is 6.03. The van der Waals surface area contributed by atoms with Crippen LogP contribution in [0.15, 0.2) is 12.7 Å². The molecule has 1 saturated heterocycles. The number of amides is 2. The highest BCUT2D eigenvalue weighted by Gasteiger charge is 2.40. The maximum Gasteiger partial charge on any atom is 0.246 e. The molecule has 1 heterocycles. The van der Waals surface area contributed by atoms with Gasteiger partial charge in [0.2, 0.25) is 11.8 Å². The van der Waals surface area contributed by atoms with Crippen molar-refractivity contribution in [3.05, 3.63) is 12.7 Å². The van der Waals surface area contributed by atoms with Crippen LogP contribution in [-0.2, 0) is 9.59 Å². The van der Waals surface area contributed by atoms with Crippen molar-refractivity contribution in [1.29, 1.82) is 0 Å². The average Bonchev–Trinajstić information content (AvgIpc) is 2.27. The lowest BCUT2D eigenvalue weighted by Gasteiger charge is -2.40. The molecular weight excluding hydrogens is 228 g/mol. The molecule has 102 valence electrons. The topological polar surface area (TPSA) is 49.4 Å². The fourth-order valence-electron chi connectivity index (χ4n) is 2.27. The molecule has 1 aliphatic rings. The van der Waals surface area contributed by atoms with E-state index in [4.69, 9.17) is 0 Å². The summed E-state index contributed by atoms with van der Waals surface area (Å²) in [6, 6.07) is -0.758. The molecule has 1 aliphatic heterocycles. The van der Waals surface area contributed by atoms with Gasteiger partial charge in [-0.3, -0.25) is 9.59 Å². The lowest BCUT2D eigenvalue weighted by molar-refractivity contribution is -0.150. The van der Waals surface area contributed by atoms with Crippen molar-refractivity contribution in [3.63, 3.8) is 0 Å². The zero-order valence-electron chi connectivity index (χ0n) is 11.8. The fraction of sp³-hybridized carbons (Fsp3) is 0.714. The number of nitrogens with zero attached hydrogens (tertiary/aromatic N) is 1. The standard InChI is InChI=1S/C14H24N2O2/c1-6-7-16-11(8-9(2)3)13(17)15-12(10(4)5)14(16)18/h6,9-12H,1,7-8H2,2-5H3,(H,15,17). The number of rotatable bonds is 5. The molecule has 0 aromatic heterocycles. The minimum absolute atomic E-state index is 0.00940. The molecule has 0 aromatic rings. The van der Waals surface area contributed by atoms with Crippen molar-refractivity contribution in [2.24, 2.45) is 11.8 Å². The summed E-state index contributed by atoms with van der Waals surface area (Å²) in [5.41, 5.74) is 0.